The first kappa shape index (κ1) is 17.0. The highest BCUT2D eigenvalue weighted by Crippen LogP contribution is 2.30. The van der Waals surface area contributed by atoms with Crippen LogP contribution in [0.4, 0.5) is 0 Å². The molecule has 0 aliphatic rings. The fraction of sp³-hybridized carbons (Fsp3) is 0.375. The standard InChI is InChI=1S/C16H21NO3S2/c1-11-10-15(20-4)12(2)13(3)16(11)22(18,19)17-8-7-14-6-5-9-21-14/h5-6,9-10,17H,7-8H2,1-4H3. The summed E-state index contributed by atoms with van der Waals surface area (Å²) < 4.78 is 33.2. The summed E-state index contributed by atoms with van der Waals surface area (Å²) in [6.45, 7) is 5.88. The lowest BCUT2D eigenvalue weighted by atomic mass is 10.1. The lowest BCUT2D eigenvalue weighted by Crippen LogP contribution is -2.27. The van der Waals surface area contributed by atoms with Crippen LogP contribution in [-0.2, 0) is 16.4 Å². The Balaban J connectivity index is 2.24. The molecule has 0 aliphatic heterocycles. The lowest BCUT2D eigenvalue weighted by molar-refractivity contribution is 0.410. The molecule has 2 aromatic rings. The Kier molecular flexibility index (Phi) is 5.26. The Morgan fingerprint density at radius 2 is 1.95 bits per heavy atom. The number of aryl methyl sites for hydroxylation is 1. The maximum absolute atomic E-state index is 12.6. The van der Waals surface area contributed by atoms with Gasteiger partial charge < -0.3 is 4.74 Å². The van der Waals surface area contributed by atoms with E-state index < -0.39 is 10.0 Å². The first-order valence-corrected chi connectivity index (χ1v) is 9.40. The summed E-state index contributed by atoms with van der Waals surface area (Å²) in [6, 6.07) is 5.75. The SMILES string of the molecule is COc1cc(C)c(S(=O)(=O)NCCc2cccs2)c(C)c1C. The third kappa shape index (κ3) is 3.51. The summed E-state index contributed by atoms with van der Waals surface area (Å²) in [5.74, 6) is 0.715. The Morgan fingerprint density at radius 3 is 2.55 bits per heavy atom. The van der Waals surface area contributed by atoms with Crippen molar-refractivity contribution in [3.63, 3.8) is 0 Å². The fourth-order valence-electron chi connectivity index (χ4n) is 2.48. The zero-order chi connectivity index (χ0) is 16.3. The Hall–Kier alpha value is -1.37. The van der Waals surface area contributed by atoms with E-state index in [2.05, 4.69) is 4.72 Å². The molecule has 0 unspecified atom stereocenters. The number of benzene rings is 1. The maximum atomic E-state index is 12.6. The molecule has 4 nitrogen and oxygen atoms in total. The van der Waals surface area contributed by atoms with E-state index in [0.29, 0.717) is 29.2 Å². The van der Waals surface area contributed by atoms with E-state index >= 15 is 0 Å². The molecule has 1 N–H and O–H groups in total. The minimum Gasteiger partial charge on any atom is -0.496 e. The monoisotopic (exact) mass is 339 g/mol. The molecule has 6 heteroatoms. The third-order valence-corrected chi connectivity index (χ3v) is 6.40. The van der Waals surface area contributed by atoms with Crippen LogP contribution in [0.1, 0.15) is 21.6 Å². The van der Waals surface area contributed by atoms with Gasteiger partial charge in [-0.05, 0) is 61.4 Å². The molecule has 0 bridgehead atoms. The molecule has 1 heterocycles. The highest BCUT2D eigenvalue weighted by atomic mass is 32.2. The van der Waals surface area contributed by atoms with E-state index in [1.54, 1.807) is 31.4 Å². The first-order chi connectivity index (χ1) is 10.4. The van der Waals surface area contributed by atoms with E-state index in [0.717, 1.165) is 11.1 Å². The van der Waals surface area contributed by atoms with Gasteiger partial charge in [-0.25, -0.2) is 13.1 Å². The maximum Gasteiger partial charge on any atom is 0.241 e. The van der Waals surface area contributed by atoms with Crippen LogP contribution in [0.3, 0.4) is 0 Å². The molecule has 0 saturated carbocycles. The molecule has 0 fully saturated rings. The van der Waals surface area contributed by atoms with Gasteiger partial charge in [0.15, 0.2) is 0 Å². The van der Waals surface area contributed by atoms with Gasteiger partial charge in [-0.15, -0.1) is 11.3 Å². The van der Waals surface area contributed by atoms with Crippen LogP contribution in [0.25, 0.3) is 0 Å². The zero-order valence-electron chi connectivity index (χ0n) is 13.3. The topological polar surface area (TPSA) is 55.4 Å². The normalized spacial score (nSPS) is 11.6. The summed E-state index contributed by atoms with van der Waals surface area (Å²) in [6.07, 6.45) is 0.699. The molecule has 1 aromatic heterocycles. The molecular formula is C16H21NO3S2. The van der Waals surface area contributed by atoms with Crippen LogP contribution in [0, 0.1) is 20.8 Å². The molecule has 1 aromatic carbocycles. The van der Waals surface area contributed by atoms with Crippen LogP contribution < -0.4 is 9.46 Å². The van der Waals surface area contributed by atoms with Crippen LogP contribution in [0.2, 0.25) is 0 Å². The number of rotatable bonds is 6. The Labute approximate surface area is 136 Å². The number of nitrogens with one attached hydrogen (secondary N) is 1. The fourth-order valence-corrected chi connectivity index (χ4v) is 4.75. The minimum absolute atomic E-state index is 0.358. The molecule has 0 atom stereocenters. The van der Waals surface area contributed by atoms with E-state index in [9.17, 15) is 8.42 Å². The highest BCUT2D eigenvalue weighted by molar-refractivity contribution is 7.89. The number of hydrogen-bond donors (Lipinski definition) is 1. The average molecular weight is 339 g/mol. The third-order valence-electron chi connectivity index (χ3n) is 3.71. The van der Waals surface area contributed by atoms with Crippen molar-refractivity contribution in [2.75, 3.05) is 13.7 Å². The number of ether oxygens (including phenoxy) is 1. The summed E-state index contributed by atoms with van der Waals surface area (Å²) in [5.41, 5.74) is 2.29. The first-order valence-electron chi connectivity index (χ1n) is 7.03. The van der Waals surface area contributed by atoms with Gasteiger partial charge in [-0.1, -0.05) is 6.07 Å². The second kappa shape index (κ2) is 6.81. The Bertz CT molecular complexity index is 750. The van der Waals surface area contributed by atoms with Crippen molar-refractivity contribution in [1.82, 2.24) is 4.72 Å². The zero-order valence-corrected chi connectivity index (χ0v) is 14.9. The molecule has 0 aliphatic carbocycles. The van der Waals surface area contributed by atoms with Crippen molar-refractivity contribution < 1.29 is 13.2 Å². The number of hydrogen-bond acceptors (Lipinski definition) is 4. The van der Waals surface area contributed by atoms with E-state index in [1.165, 1.54) is 4.88 Å². The van der Waals surface area contributed by atoms with Crippen LogP contribution in [-0.4, -0.2) is 22.1 Å². The predicted octanol–water partition coefficient (Wildman–Crippen LogP) is 3.20. The largest absolute Gasteiger partial charge is 0.496 e. The molecule has 22 heavy (non-hydrogen) atoms. The molecule has 0 radical (unpaired) electrons. The van der Waals surface area contributed by atoms with Crippen LogP contribution in [0.5, 0.6) is 5.75 Å². The second-order valence-corrected chi connectivity index (χ2v) is 7.94. The van der Waals surface area contributed by atoms with Gasteiger partial charge in [0.2, 0.25) is 10.0 Å². The van der Waals surface area contributed by atoms with Gasteiger partial charge >= 0.3 is 0 Å². The van der Waals surface area contributed by atoms with Crippen molar-refractivity contribution >= 4 is 21.4 Å². The van der Waals surface area contributed by atoms with Gasteiger partial charge in [-0.3, -0.25) is 0 Å². The predicted molar refractivity (Wildman–Crippen MR) is 90.4 cm³/mol. The molecular weight excluding hydrogens is 318 g/mol. The average Bonchev–Trinajstić information content (AvgIpc) is 2.95. The summed E-state index contributed by atoms with van der Waals surface area (Å²) in [4.78, 5) is 1.53. The van der Waals surface area contributed by atoms with Crippen molar-refractivity contribution in [3.8, 4) is 5.75 Å². The summed E-state index contributed by atoms with van der Waals surface area (Å²) in [5, 5.41) is 1.99. The highest BCUT2D eigenvalue weighted by Gasteiger charge is 2.22. The van der Waals surface area contributed by atoms with Crippen molar-refractivity contribution in [2.45, 2.75) is 32.1 Å². The van der Waals surface area contributed by atoms with Gasteiger partial charge in [0.1, 0.15) is 5.75 Å². The second-order valence-electron chi connectivity index (χ2n) is 5.20. The number of thiophene rings is 1. The Morgan fingerprint density at radius 1 is 1.23 bits per heavy atom. The number of sulfonamides is 1. The molecule has 0 amide bonds. The number of methoxy groups -OCH3 is 1. The van der Waals surface area contributed by atoms with E-state index in [4.69, 9.17) is 4.74 Å². The quantitative estimate of drug-likeness (QED) is 0.879. The van der Waals surface area contributed by atoms with Crippen LogP contribution >= 0.6 is 11.3 Å². The van der Waals surface area contributed by atoms with Gasteiger partial charge in [0.05, 0.1) is 12.0 Å². The van der Waals surface area contributed by atoms with Gasteiger partial charge in [0.25, 0.3) is 0 Å². The van der Waals surface area contributed by atoms with Crippen molar-refractivity contribution in [3.05, 3.63) is 45.1 Å². The molecule has 120 valence electrons. The summed E-state index contributed by atoms with van der Waals surface area (Å²) >= 11 is 1.63. The summed E-state index contributed by atoms with van der Waals surface area (Å²) in [7, 11) is -1.93. The van der Waals surface area contributed by atoms with E-state index in [1.807, 2.05) is 31.4 Å². The smallest absolute Gasteiger partial charge is 0.241 e. The lowest BCUT2D eigenvalue weighted by Gasteiger charge is -2.16. The molecule has 0 saturated heterocycles. The van der Waals surface area contributed by atoms with Crippen molar-refractivity contribution in [2.24, 2.45) is 0 Å². The van der Waals surface area contributed by atoms with Crippen molar-refractivity contribution in [1.29, 1.82) is 0 Å². The van der Waals surface area contributed by atoms with Gasteiger partial charge in [0, 0.05) is 11.4 Å². The van der Waals surface area contributed by atoms with Crippen LogP contribution in [0.15, 0.2) is 28.5 Å². The molecule has 2 rings (SSSR count). The van der Waals surface area contributed by atoms with E-state index in [-0.39, 0.29) is 0 Å². The molecule has 0 spiro atoms. The minimum atomic E-state index is -3.52. The van der Waals surface area contributed by atoms with Gasteiger partial charge in [-0.2, -0.15) is 0 Å².